The molecule has 2 unspecified atom stereocenters. The van der Waals surface area contributed by atoms with Crippen molar-refractivity contribution in [1.82, 2.24) is 4.98 Å². The molecule has 1 N–H and O–H groups in total. The first-order valence-corrected chi connectivity index (χ1v) is 8.27. The van der Waals surface area contributed by atoms with Crippen molar-refractivity contribution in [2.75, 3.05) is 11.4 Å². The van der Waals surface area contributed by atoms with E-state index in [9.17, 15) is 5.11 Å². The molecular weight excluding hydrogens is 256 g/mol. The van der Waals surface area contributed by atoms with Crippen molar-refractivity contribution in [3.8, 4) is 0 Å². The Morgan fingerprint density at radius 2 is 2.16 bits per heavy atom. The van der Waals surface area contributed by atoms with Gasteiger partial charge in [0.1, 0.15) is 0 Å². The Labute approximate surface area is 120 Å². The molecular formula is C15H26N2OS. The molecule has 108 valence electrons. The van der Waals surface area contributed by atoms with Crippen molar-refractivity contribution in [3.05, 3.63) is 10.6 Å². The highest BCUT2D eigenvalue weighted by Gasteiger charge is 2.30. The maximum Gasteiger partial charge on any atom is 0.186 e. The summed E-state index contributed by atoms with van der Waals surface area (Å²) in [5.74, 6) is 1.10. The van der Waals surface area contributed by atoms with Crippen LogP contribution in [0.5, 0.6) is 0 Å². The lowest BCUT2D eigenvalue weighted by molar-refractivity contribution is 0.283. The maximum absolute atomic E-state index is 9.55. The van der Waals surface area contributed by atoms with Crippen molar-refractivity contribution in [2.45, 2.75) is 65.5 Å². The number of thiazole rings is 1. The fraction of sp³-hybridized carbons (Fsp3) is 0.800. The van der Waals surface area contributed by atoms with Crippen LogP contribution in [0.3, 0.4) is 0 Å². The molecule has 2 heterocycles. The molecule has 1 aliphatic rings. The summed E-state index contributed by atoms with van der Waals surface area (Å²) in [4.78, 5) is 8.36. The molecule has 0 bridgehead atoms. The van der Waals surface area contributed by atoms with Crippen LogP contribution in [0.15, 0.2) is 0 Å². The molecule has 2 rings (SSSR count). The summed E-state index contributed by atoms with van der Waals surface area (Å²) in [5.41, 5.74) is 1.11. The standard InChI is InChI=1S/C15H26N2OS/c1-5-11(4)14-13(9-18)19-15(16-14)17-8-6-7-12(17)10(2)3/h10-12,18H,5-9H2,1-4H3. The van der Waals surface area contributed by atoms with E-state index in [1.54, 1.807) is 11.3 Å². The fourth-order valence-electron chi connectivity index (χ4n) is 2.89. The minimum Gasteiger partial charge on any atom is -0.391 e. The van der Waals surface area contributed by atoms with E-state index in [2.05, 4.69) is 32.6 Å². The summed E-state index contributed by atoms with van der Waals surface area (Å²) in [6.45, 7) is 10.2. The summed E-state index contributed by atoms with van der Waals surface area (Å²) < 4.78 is 0. The zero-order chi connectivity index (χ0) is 14.0. The number of hydrogen-bond donors (Lipinski definition) is 1. The van der Waals surface area contributed by atoms with Gasteiger partial charge >= 0.3 is 0 Å². The molecule has 0 saturated carbocycles. The molecule has 0 radical (unpaired) electrons. The quantitative estimate of drug-likeness (QED) is 0.893. The van der Waals surface area contributed by atoms with Gasteiger partial charge in [-0.05, 0) is 31.1 Å². The van der Waals surface area contributed by atoms with E-state index in [-0.39, 0.29) is 6.61 Å². The van der Waals surface area contributed by atoms with Crippen LogP contribution < -0.4 is 4.90 Å². The molecule has 1 saturated heterocycles. The second-order valence-electron chi connectivity index (χ2n) is 5.92. The van der Waals surface area contributed by atoms with Gasteiger partial charge in [0.25, 0.3) is 0 Å². The van der Waals surface area contributed by atoms with E-state index < -0.39 is 0 Å². The van der Waals surface area contributed by atoms with Crippen LogP contribution in [0, 0.1) is 5.92 Å². The lowest BCUT2D eigenvalue weighted by atomic mass is 10.0. The Kier molecular flexibility index (Phi) is 4.85. The average molecular weight is 282 g/mol. The number of aliphatic hydroxyl groups is 1. The van der Waals surface area contributed by atoms with E-state index in [1.165, 1.54) is 12.8 Å². The first-order chi connectivity index (χ1) is 9.08. The lowest BCUT2D eigenvalue weighted by Crippen LogP contribution is -2.33. The summed E-state index contributed by atoms with van der Waals surface area (Å²) in [6.07, 6.45) is 3.60. The van der Waals surface area contributed by atoms with E-state index in [4.69, 9.17) is 4.98 Å². The molecule has 1 aliphatic heterocycles. The predicted octanol–water partition coefficient (Wildman–Crippen LogP) is 3.77. The number of nitrogens with zero attached hydrogens (tertiary/aromatic N) is 2. The summed E-state index contributed by atoms with van der Waals surface area (Å²) in [5, 5.41) is 10.7. The van der Waals surface area contributed by atoms with Gasteiger partial charge in [0.05, 0.1) is 17.2 Å². The van der Waals surface area contributed by atoms with Crippen molar-refractivity contribution in [1.29, 1.82) is 0 Å². The maximum atomic E-state index is 9.55. The van der Waals surface area contributed by atoms with E-state index in [0.29, 0.717) is 17.9 Å². The highest BCUT2D eigenvalue weighted by Crippen LogP contribution is 2.36. The second kappa shape index (κ2) is 6.23. The molecule has 1 aromatic heterocycles. The van der Waals surface area contributed by atoms with Gasteiger partial charge in [0.2, 0.25) is 0 Å². The van der Waals surface area contributed by atoms with Gasteiger partial charge in [-0.2, -0.15) is 0 Å². The lowest BCUT2D eigenvalue weighted by Gasteiger charge is -2.27. The third-order valence-corrected chi connectivity index (χ3v) is 5.35. The Hall–Kier alpha value is -0.610. The van der Waals surface area contributed by atoms with Gasteiger partial charge in [-0.15, -0.1) is 0 Å². The van der Waals surface area contributed by atoms with Gasteiger partial charge in [-0.25, -0.2) is 4.98 Å². The van der Waals surface area contributed by atoms with Crippen LogP contribution in [0.2, 0.25) is 0 Å². The van der Waals surface area contributed by atoms with E-state index in [0.717, 1.165) is 28.7 Å². The third kappa shape index (κ3) is 2.95. The van der Waals surface area contributed by atoms with Crippen molar-refractivity contribution < 1.29 is 5.11 Å². The Bertz CT molecular complexity index is 416. The van der Waals surface area contributed by atoms with Crippen molar-refractivity contribution in [2.24, 2.45) is 5.92 Å². The van der Waals surface area contributed by atoms with Crippen molar-refractivity contribution >= 4 is 16.5 Å². The molecule has 4 heteroatoms. The molecule has 0 amide bonds. The predicted molar refractivity (Wildman–Crippen MR) is 81.9 cm³/mol. The number of rotatable bonds is 5. The molecule has 0 aromatic carbocycles. The summed E-state index contributed by atoms with van der Waals surface area (Å²) in [6, 6.07) is 0.613. The van der Waals surface area contributed by atoms with Crippen LogP contribution in [-0.4, -0.2) is 22.7 Å². The van der Waals surface area contributed by atoms with Gasteiger partial charge in [-0.1, -0.05) is 39.0 Å². The third-order valence-electron chi connectivity index (χ3n) is 4.25. The van der Waals surface area contributed by atoms with Crippen LogP contribution in [-0.2, 0) is 6.61 Å². The topological polar surface area (TPSA) is 36.4 Å². The minimum absolute atomic E-state index is 0.123. The van der Waals surface area contributed by atoms with Gasteiger partial charge < -0.3 is 10.0 Å². The largest absolute Gasteiger partial charge is 0.391 e. The number of hydrogen-bond acceptors (Lipinski definition) is 4. The normalized spacial score (nSPS) is 21.4. The monoisotopic (exact) mass is 282 g/mol. The average Bonchev–Trinajstić information content (AvgIpc) is 3.03. The first-order valence-electron chi connectivity index (χ1n) is 7.45. The van der Waals surface area contributed by atoms with Crippen LogP contribution >= 0.6 is 11.3 Å². The highest BCUT2D eigenvalue weighted by atomic mass is 32.1. The zero-order valence-corrected chi connectivity index (χ0v) is 13.3. The smallest absolute Gasteiger partial charge is 0.186 e. The molecule has 0 spiro atoms. The molecule has 0 aliphatic carbocycles. The van der Waals surface area contributed by atoms with Gasteiger partial charge in [0.15, 0.2) is 5.13 Å². The summed E-state index contributed by atoms with van der Waals surface area (Å²) in [7, 11) is 0. The second-order valence-corrected chi connectivity index (χ2v) is 6.98. The molecule has 1 aromatic rings. The molecule has 3 nitrogen and oxygen atoms in total. The van der Waals surface area contributed by atoms with Crippen molar-refractivity contribution in [3.63, 3.8) is 0 Å². The van der Waals surface area contributed by atoms with E-state index >= 15 is 0 Å². The zero-order valence-electron chi connectivity index (χ0n) is 12.5. The van der Waals surface area contributed by atoms with Gasteiger partial charge in [0, 0.05) is 12.6 Å². The SMILES string of the molecule is CCC(C)c1nc(N2CCCC2C(C)C)sc1CO. The van der Waals surface area contributed by atoms with Crippen LogP contribution in [0.25, 0.3) is 0 Å². The number of aromatic nitrogens is 1. The minimum atomic E-state index is 0.123. The Morgan fingerprint density at radius 1 is 1.42 bits per heavy atom. The van der Waals surface area contributed by atoms with E-state index in [1.807, 2.05) is 0 Å². The number of anilines is 1. The number of aliphatic hydroxyl groups excluding tert-OH is 1. The highest BCUT2D eigenvalue weighted by molar-refractivity contribution is 7.15. The molecule has 1 fully saturated rings. The summed E-state index contributed by atoms with van der Waals surface area (Å²) >= 11 is 1.69. The first kappa shape index (κ1) is 14.8. The van der Waals surface area contributed by atoms with Crippen LogP contribution in [0.4, 0.5) is 5.13 Å². The fourth-order valence-corrected chi connectivity index (χ4v) is 4.01. The van der Waals surface area contributed by atoms with Crippen LogP contribution in [0.1, 0.15) is 63.4 Å². The Morgan fingerprint density at radius 3 is 2.74 bits per heavy atom. The molecule has 19 heavy (non-hydrogen) atoms. The molecule has 2 atom stereocenters. The van der Waals surface area contributed by atoms with Gasteiger partial charge in [-0.3, -0.25) is 0 Å². The Balaban J connectivity index is 2.27.